The zero-order valence-electron chi connectivity index (χ0n) is 12.4. The Kier molecular flexibility index (Phi) is 4.01. The number of nitrogens with zero attached hydrogens (tertiary/aromatic N) is 1. The molecule has 2 aromatic carbocycles. The van der Waals surface area contributed by atoms with Crippen molar-refractivity contribution in [3.05, 3.63) is 65.4 Å². The van der Waals surface area contributed by atoms with Gasteiger partial charge in [0.05, 0.1) is 5.38 Å². The molecule has 0 fully saturated rings. The Hall–Kier alpha value is -1.38. The second-order valence-electron chi connectivity index (χ2n) is 5.37. The molecule has 1 nitrogen and oxygen atoms in total. The van der Waals surface area contributed by atoms with Gasteiger partial charge in [0.25, 0.3) is 0 Å². The molecule has 0 bridgehead atoms. The monoisotopic (exact) mass is 315 g/mol. The van der Waals surface area contributed by atoms with Crippen LogP contribution in [0.3, 0.4) is 0 Å². The largest absolute Gasteiger partial charge is 0.379 e. The van der Waals surface area contributed by atoms with Gasteiger partial charge in [-0.15, -0.1) is 11.6 Å². The van der Waals surface area contributed by atoms with Crippen molar-refractivity contribution < 1.29 is 0 Å². The maximum atomic E-state index is 6.50. The molecular formula is C18H18ClNS. The Labute approximate surface area is 135 Å². The fourth-order valence-electron chi connectivity index (χ4n) is 2.84. The molecule has 0 aromatic heterocycles. The lowest BCUT2D eigenvalue weighted by molar-refractivity contribution is 0.499. The second-order valence-corrected chi connectivity index (χ2v) is 7.10. The van der Waals surface area contributed by atoms with Gasteiger partial charge in [0.15, 0.2) is 0 Å². The predicted octanol–water partition coefficient (Wildman–Crippen LogP) is 5.10. The van der Waals surface area contributed by atoms with Gasteiger partial charge in [-0.2, -0.15) is 0 Å². The average Bonchev–Trinajstić information content (AvgIpc) is 2.46. The summed E-state index contributed by atoms with van der Waals surface area (Å²) in [4.78, 5) is 4.72. The molecule has 2 aromatic rings. The second kappa shape index (κ2) is 5.78. The van der Waals surface area contributed by atoms with Gasteiger partial charge in [-0.25, -0.2) is 0 Å². The van der Waals surface area contributed by atoms with Crippen LogP contribution in [-0.2, 0) is 0 Å². The van der Waals surface area contributed by atoms with Gasteiger partial charge in [-0.3, -0.25) is 0 Å². The zero-order chi connectivity index (χ0) is 15.0. The lowest BCUT2D eigenvalue weighted by atomic mass is 9.93. The highest BCUT2D eigenvalue weighted by Gasteiger charge is 2.25. The minimum Gasteiger partial charge on any atom is -0.379 e. The molecule has 1 aliphatic heterocycles. The molecule has 1 atom stereocenters. The lowest BCUT2D eigenvalue weighted by Crippen LogP contribution is -2.21. The van der Waals surface area contributed by atoms with Crippen molar-refractivity contribution in [3.63, 3.8) is 0 Å². The molecule has 3 heteroatoms. The van der Waals surface area contributed by atoms with E-state index in [1.807, 2.05) is 18.7 Å². The zero-order valence-corrected chi connectivity index (χ0v) is 14.0. The summed E-state index contributed by atoms with van der Waals surface area (Å²) < 4.78 is 0. The van der Waals surface area contributed by atoms with Gasteiger partial charge >= 0.3 is 0 Å². The average molecular weight is 316 g/mol. The number of alkyl halides is 1. The van der Waals surface area contributed by atoms with Crippen molar-refractivity contribution in [1.82, 2.24) is 4.90 Å². The molecule has 0 aliphatic carbocycles. The normalized spacial score (nSPS) is 14.2. The Morgan fingerprint density at radius 3 is 1.86 bits per heavy atom. The van der Waals surface area contributed by atoms with Crippen molar-refractivity contribution in [1.29, 1.82) is 0 Å². The Balaban J connectivity index is 2.36. The Morgan fingerprint density at radius 1 is 0.952 bits per heavy atom. The van der Waals surface area contributed by atoms with Crippen LogP contribution in [0, 0.1) is 0 Å². The summed E-state index contributed by atoms with van der Waals surface area (Å²) in [6.45, 7) is 2.04. The van der Waals surface area contributed by atoms with E-state index in [9.17, 15) is 0 Å². The molecule has 0 amide bonds. The van der Waals surface area contributed by atoms with E-state index in [1.165, 1.54) is 26.5 Å². The van der Waals surface area contributed by atoms with Crippen molar-refractivity contribution in [2.45, 2.75) is 22.1 Å². The molecule has 108 valence electrons. The van der Waals surface area contributed by atoms with E-state index in [1.54, 1.807) is 0 Å². The van der Waals surface area contributed by atoms with Crippen LogP contribution in [-0.4, -0.2) is 24.4 Å². The van der Waals surface area contributed by atoms with Crippen LogP contribution in [0.2, 0.25) is 0 Å². The molecule has 0 radical (unpaired) electrons. The molecular weight excluding hydrogens is 298 g/mol. The smallest absolute Gasteiger partial charge is 0.0712 e. The summed E-state index contributed by atoms with van der Waals surface area (Å²) in [6.07, 6.45) is 0. The molecule has 1 unspecified atom stereocenters. The van der Waals surface area contributed by atoms with Crippen LogP contribution in [0.1, 0.15) is 18.1 Å². The van der Waals surface area contributed by atoms with Crippen molar-refractivity contribution in [2.24, 2.45) is 0 Å². The SMILES string of the molecule is CC(Cl)C(=C1c2ccccc2Sc2ccccc21)N(C)C. The first-order valence-electron chi connectivity index (χ1n) is 7.02. The van der Waals surface area contributed by atoms with E-state index in [4.69, 9.17) is 11.6 Å². The topological polar surface area (TPSA) is 3.24 Å². The molecule has 0 spiro atoms. The first-order chi connectivity index (χ1) is 10.1. The van der Waals surface area contributed by atoms with E-state index in [0.717, 1.165) is 5.70 Å². The van der Waals surface area contributed by atoms with Gasteiger partial charge in [-0.05, 0) is 30.2 Å². The molecule has 3 rings (SSSR count). The molecule has 0 N–H and O–H groups in total. The van der Waals surface area contributed by atoms with E-state index < -0.39 is 0 Å². The molecule has 21 heavy (non-hydrogen) atoms. The summed E-state index contributed by atoms with van der Waals surface area (Å²) in [5, 5.41) is -0.0424. The highest BCUT2D eigenvalue weighted by Crippen LogP contribution is 2.47. The Morgan fingerprint density at radius 2 is 1.43 bits per heavy atom. The summed E-state index contributed by atoms with van der Waals surface area (Å²) in [6, 6.07) is 17.1. The number of allylic oxidation sites excluding steroid dienone is 1. The van der Waals surface area contributed by atoms with Crippen LogP contribution < -0.4 is 0 Å². The van der Waals surface area contributed by atoms with Crippen LogP contribution in [0.4, 0.5) is 0 Å². The van der Waals surface area contributed by atoms with Crippen LogP contribution in [0.5, 0.6) is 0 Å². The fourth-order valence-corrected chi connectivity index (χ4v) is 4.24. The summed E-state index contributed by atoms with van der Waals surface area (Å²) in [5.74, 6) is 0. The van der Waals surface area contributed by atoms with E-state index in [-0.39, 0.29) is 5.38 Å². The number of hydrogen-bond acceptors (Lipinski definition) is 2. The standard InChI is InChI=1S/C18H18ClNS/c1-12(19)18(20(2)3)17-13-8-4-6-10-15(13)21-16-11-7-5-9-14(16)17/h4-12H,1-3H3. The van der Waals surface area contributed by atoms with Gasteiger partial charge in [0.2, 0.25) is 0 Å². The third-order valence-electron chi connectivity index (χ3n) is 3.65. The lowest BCUT2D eigenvalue weighted by Gasteiger charge is -2.29. The van der Waals surface area contributed by atoms with Gasteiger partial charge in [-0.1, -0.05) is 48.2 Å². The van der Waals surface area contributed by atoms with Crippen molar-refractivity contribution in [3.8, 4) is 0 Å². The maximum Gasteiger partial charge on any atom is 0.0712 e. The van der Waals surface area contributed by atoms with E-state index >= 15 is 0 Å². The highest BCUT2D eigenvalue weighted by molar-refractivity contribution is 7.99. The van der Waals surface area contributed by atoms with Crippen molar-refractivity contribution >= 4 is 28.9 Å². The molecule has 1 heterocycles. The van der Waals surface area contributed by atoms with Gasteiger partial charge in [0, 0.05) is 35.2 Å². The van der Waals surface area contributed by atoms with E-state index in [2.05, 4.69) is 67.5 Å². The minimum absolute atomic E-state index is 0.0424. The minimum atomic E-state index is -0.0424. The van der Waals surface area contributed by atoms with Crippen LogP contribution >= 0.6 is 23.4 Å². The number of fused-ring (bicyclic) bond motifs is 2. The van der Waals surface area contributed by atoms with E-state index in [0.29, 0.717) is 0 Å². The fraction of sp³-hybridized carbons (Fsp3) is 0.222. The first-order valence-corrected chi connectivity index (χ1v) is 8.27. The third kappa shape index (κ3) is 2.58. The predicted molar refractivity (Wildman–Crippen MR) is 92.0 cm³/mol. The summed E-state index contributed by atoms with van der Waals surface area (Å²) >= 11 is 8.33. The third-order valence-corrected chi connectivity index (χ3v) is 5.01. The number of hydrogen-bond donors (Lipinski definition) is 0. The summed E-state index contributed by atoms with van der Waals surface area (Å²) in [5.41, 5.74) is 4.97. The number of halogens is 1. The molecule has 0 saturated heterocycles. The number of rotatable bonds is 2. The highest BCUT2D eigenvalue weighted by atomic mass is 35.5. The van der Waals surface area contributed by atoms with Gasteiger partial charge < -0.3 is 4.90 Å². The van der Waals surface area contributed by atoms with Gasteiger partial charge in [0.1, 0.15) is 0 Å². The first kappa shape index (κ1) is 14.6. The quantitative estimate of drug-likeness (QED) is 0.605. The molecule has 1 aliphatic rings. The van der Waals surface area contributed by atoms with Crippen LogP contribution in [0.15, 0.2) is 64.0 Å². The Bertz CT molecular complexity index is 646. The van der Waals surface area contributed by atoms with Crippen molar-refractivity contribution in [2.75, 3.05) is 14.1 Å². The molecule has 0 saturated carbocycles. The van der Waals surface area contributed by atoms with Crippen LogP contribution in [0.25, 0.3) is 5.57 Å². The maximum absolute atomic E-state index is 6.50. The number of benzene rings is 2. The summed E-state index contributed by atoms with van der Waals surface area (Å²) in [7, 11) is 4.13.